The maximum Gasteiger partial charge on any atom is 0.401 e. The lowest BCUT2D eigenvalue weighted by Crippen LogP contribution is -2.61. The van der Waals surface area contributed by atoms with Crippen molar-refractivity contribution in [3.05, 3.63) is 53.1 Å². The lowest BCUT2D eigenvalue weighted by atomic mass is 10.0. The van der Waals surface area contributed by atoms with Crippen molar-refractivity contribution in [2.75, 3.05) is 42.5 Å². The fourth-order valence-electron chi connectivity index (χ4n) is 5.43. The van der Waals surface area contributed by atoms with E-state index in [1.54, 1.807) is 6.07 Å². The number of amides is 1. The normalized spacial score (nSPS) is 18.1. The average Bonchev–Trinajstić information content (AvgIpc) is 3.35. The Morgan fingerprint density at radius 2 is 2.00 bits per heavy atom. The van der Waals surface area contributed by atoms with Crippen LogP contribution in [0.1, 0.15) is 33.7 Å². The number of alkyl halides is 3. The quantitative estimate of drug-likeness (QED) is 0.541. The molecule has 3 aliphatic rings. The number of rotatable bonds is 5. The molecule has 1 amide bonds. The molecule has 1 saturated heterocycles. The van der Waals surface area contributed by atoms with Gasteiger partial charge in [-0.1, -0.05) is 0 Å². The molecule has 1 N–H and O–H groups in total. The molecule has 0 radical (unpaired) electrons. The number of fused-ring (bicyclic) bond motifs is 2. The van der Waals surface area contributed by atoms with Crippen molar-refractivity contribution in [3.8, 4) is 0 Å². The second kappa shape index (κ2) is 9.53. The van der Waals surface area contributed by atoms with E-state index >= 15 is 0 Å². The Balaban J connectivity index is 1.12. The van der Waals surface area contributed by atoms with Gasteiger partial charge in [0, 0.05) is 57.4 Å². The molecule has 38 heavy (non-hydrogen) atoms. The predicted octanol–water partition coefficient (Wildman–Crippen LogP) is 2.46. The van der Waals surface area contributed by atoms with Crippen LogP contribution in [0.5, 0.6) is 0 Å². The fourth-order valence-corrected chi connectivity index (χ4v) is 5.43. The number of carbonyl (C=O) groups excluding carboxylic acids is 1. The van der Waals surface area contributed by atoms with Crippen molar-refractivity contribution in [2.24, 2.45) is 0 Å². The zero-order chi connectivity index (χ0) is 26.4. The first kappa shape index (κ1) is 24.6. The van der Waals surface area contributed by atoms with Gasteiger partial charge in [0.05, 0.1) is 30.7 Å². The number of hydrogen-bond donors (Lipinski definition) is 1. The number of pyridine rings is 1. The molecule has 6 rings (SSSR count). The molecule has 10 nitrogen and oxygen atoms in total. The summed E-state index contributed by atoms with van der Waals surface area (Å²) in [6.45, 7) is 4.42. The second-order valence-electron chi connectivity index (χ2n) is 10.1. The van der Waals surface area contributed by atoms with Gasteiger partial charge in [0.15, 0.2) is 11.5 Å². The molecule has 0 bridgehead atoms. The molecular formula is C25H28F3N9O. The van der Waals surface area contributed by atoms with E-state index in [0.29, 0.717) is 12.4 Å². The van der Waals surface area contributed by atoms with E-state index in [-0.39, 0.29) is 24.8 Å². The summed E-state index contributed by atoms with van der Waals surface area (Å²) < 4.78 is 39.5. The van der Waals surface area contributed by atoms with Crippen molar-refractivity contribution in [2.45, 2.75) is 45.1 Å². The summed E-state index contributed by atoms with van der Waals surface area (Å²) in [7, 11) is 0. The number of nitrogens with zero attached hydrogens (tertiary/aromatic N) is 8. The Kier molecular flexibility index (Phi) is 6.17. The molecule has 200 valence electrons. The summed E-state index contributed by atoms with van der Waals surface area (Å²) in [5, 5.41) is 15.6. The highest BCUT2D eigenvalue weighted by Crippen LogP contribution is 2.32. The largest absolute Gasteiger partial charge is 0.401 e. The predicted molar refractivity (Wildman–Crippen MR) is 133 cm³/mol. The van der Waals surface area contributed by atoms with Crippen LogP contribution in [-0.4, -0.2) is 80.7 Å². The maximum absolute atomic E-state index is 12.6. The molecule has 3 aliphatic heterocycles. The van der Waals surface area contributed by atoms with Crippen LogP contribution in [0.4, 0.5) is 30.5 Å². The number of aromatic nitrogens is 5. The van der Waals surface area contributed by atoms with E-state index in [1.165, 1.54) is 4.90 Å². The highest BCUT2D eigenvalue weighted by molar-refractivity contribution is 5.92. The molecule has 1 fully saturated rings. The Labute approximate surface area is 217 Å². The summed E-state index contributed by atoms with van der Waals surface area (Å²) in [6, 6.07) is 5.56. The average molecular weight is 528 g/mol. The van der Waals surface area contributed by atoms with Gasteiger partial charge in [0.25, 0.3) is 5.91 Å². The van der Waals surface area contributed by atoms with Gasteiger partial charge in [-0.05, 0) is 36.6 Å². The minimum absolute atomic E-state index is 0.156. The van der Waals surface area contributed by atoms with Gasteiger partial charge in [0.1, 0.15) is 5.82 Å². The molecule has 3 aromatic heterocycles. The first-order chi connectivity index (χ1) is 18.2. The molecule has 0 spiro atoms. The summed E-state index contributed by atoms with van der Waals surface area (Å²) in [4.78, 5) is 23.0. The van der Waals surface area contributed by atoms with Crippen molar-refractivity contribution in [1.29, 1.82) is 0 Å². The van der Waals surface area contributed by atoms with Gasteiger partial charge in [-0.3, -0.25) is 14.7 Å². The van der Waals surface area contributed by atoms with E-state index in [9.17, 15) is 18.0 Å². The van der Waals surface area contributed by atoms with E-state index in [0.717, 1.165) is 60.8 Å². The SMILES string of the molecule is Cc1cc(C(=O)NC2CN(CC(F)(F)F)C2)nnc1N1CCc2ncc(N3CCCn4nccc43)cc2C1. The second-order valence-corrected chi connectivity index (χ2v) is 10.1. The highest BCUT2D eigenvalue weighted by Gasteiger charge is 2.37. The topological polar surface area (TPSA) is 95.3 Å². The first-order valence-corrected chi connectivity index (χ1v) is 12.7. The standard InChI is InChI=1S/C25H28F3N9O/c1-16-9-21(24(38)31-18-13-34(14-18)15-25(26,27)28)32-33-23(16)35-8-4-20-17(12-35)10-19(11-29-20)36-6-2-7-37-22(36)3-5-30-37/h3,5,9-11,18H,2,4,6-8,12-15H2,1H3,(H,31,38). The van der Waals surface area contributed by atoms with E-state index in [4.69, 9.17) is 4.98 Å². The Morgan fingerprint density at radius 3 is 2.79 bits per heavy atom. The highest BCUT2D eigenvalue weighted by atomic mass is 19.4. The lowest BCUT2D eigenvalue weighted by molar-refractivity contribution is -0.155. The number of hydrogen-bond acceptors (Lipinski definition) is 8. The van der Waals surface area contributed by atoms with Gasteiger partial charge >= 0.3 is 6.18 Å². The van der Waals surface area contributed by atoms with Crippen molar-refractivity contribution in [3.63, 3.8) is 0 Å². The molecule has 0 aromatic carbocycles. The summed E-state index contributed by atoms with van der Waals surface area (Å²) >= 11 is 0. The Bertz CT molecular complexity index is 1350. The fraction of sp³-hybridized carbons (Fsp3) is 0.480. The number of anilines is 3. The Morgan fingerprint density at radius 1 is 1.16 bits per heavy atom. The van der Waals surface area contributed by atoms with Crippen LogP contribution in [0.25, 0.3) is 0 Å². The van der Waals surface area contributed by atoms with Crippen LogP contribution in [0, 0.1) is 6.92 Å². The zero-order valence-corrected chi connectivity index (χ0v) is 20.9. The Hall–Kier alpha value is -3.74. The third-order valence-corrected chi connectivity index (χ3v) is 7.24. The van der Waals surface area contributed by atoms with Crippen LogP contribution in [0.2, 0.25) is 0 Å². The van der Waals surface area contributed by atoms with Crippen molar-refractivity contribution in [1.82, 2.24) is 35.2 Å². The van der Waals surface area contributed by atoms with E-state index < -0.39 is 18.6 Å². The minimum atomic E-state index is -4.24. The van der Waals surface area contributed by atoms with Gasteiger partial charge in [0.2, 0.25) is 0 Å². The van der Waals surface area contributed by atoms with Crippen molar-refractivity contribution < 1.29 is 18.0 Å². The monoisotopic (exact) mass is 527 g/mol. The molecule has 0 aliphatic carbocycles. The zero-order valence-electron chi connectivity index (χ0n) is 20.9. The molecule has 13 heteroatoms. The summed E-state index contributed by atoms with van der Waals surface area (Å²) in [6.07, 6.45) is 1.30. The number of aryl methyl sites for hydroxylation is 2. The third kappa shape index (κ3) is 4.89. The number of carbonyl (C=O) groups is 1. The summed E-state index contributed by atoms with van der Waals surface area (Å²) in [5.74, 6) is 1.34. The first-order valence-electron chi connectivity index (χ1n) is 12.7. The van der Waals surface area contributed by atoms with Crippen LogP contribution < -0.4 is 15.1 Å². The minimum Gasteiger partial charge on any atom is -0.350 e. The molecule has 0 unspecified atom stereocenters. The van der Waals surface area contributed by atoms with E-state index in [1.807, 2.05) is 30.1 Å². The number of likely N-dealkylation sites (tertiary alicyclic amines) is 1. The van der Waals surface area contributed by atoms with Crippen LogP contribution in [-0.2, 0) is 19.5 Å². The van der Waals surface area contributed by atoms with Gasteiger partial charge in [-0.2, -0.15) is 18.3 Å². The third-order valence-electron chi connectivity index (χ3n) is 7.24. The lowest BCUT2D eigenvalue weighted by Gasteiger charge is -2.39. The number of halogens is 3. The smallest absolute Gasteiger partial charge is 0.350 e. The number of nitrogens with one attached hydrogen (secondary N) is 1. The van der Waals surface area contributed by atoms with Gasteiger partial charge in [-0.25, -0.2) is 4.68 Å². The molecule has 0 saturated carbocycles. The van der Waals surface area contributed by atoms with Crippen molar-refractivity contribution >= 4 is 23.2 Å². The van der Waals surface area contributed by atoms with Crippen LogP contribution in [0.3, 0.4) is 0 Å². The maximum atomic E-state index is 12.6. The molecular weight excluding hydrogens is 499 g/mol. The van der Waals surface area contributed by atoms with Gasteiger partial charge in [-0.15, -0.1) is 10.2 Å². The van der Waals surface area contributed by atoms with Crippen LogP contribution >= 0.6 is 0 Å². The molecule has 3 aromatic rings. The molecule has 6 heterocycles. The summed E-state index contributed by atoms with van der Waals surface area (Å²) in [5.41, 5.74) is 4.19. The molecule has 0 atom stereocenters. The van der Waals surface area contributed by atoms with Gasteiger partial charge < -0.3 is 15.1 Å². The van der Waals surface area contributed by atoms with E-state index in [2.05, 4.69) is 36.5 Å². The van der Waals surface area contributed by atoms with Crippen LogP contribution in [0.15, 0.2) is 30.6 Å².